The van der Waals surface area contributed by atoms with E-state index < -0.39 is 5.92 Å². The van der Waals surface area contributed by atoms with Gasteiger partial charge in [0, 0.05) is 12.0 Å². The summed E-state index contributed by atoms with van der Waals surface area (Å²) in [5.74, 6) is -2.44. The first-order chi connectivity index (χ1) is 4.62. The molecule has 2 rings (SSSR count). The molecule has 0 bridgehead atoms. The van der Waals surface area contributed by atoms with Gasteiger partial charge in [-0.3, -0.25) is 0 Å². The van der Waals surface area contributed by atoms with Crippen molar-refractivity contribution in [3.63, 3.8) is 0 Å². The SMILES string of the molecule is FC1(F)CCC2(CC2)NC1. The van der Waals surface area contributed by atoms with Gasteiger partial charge in [0.1, 0.15) is 0 Å². The van der Waals surface area contributed by atoms with Crippen molar-refractivity contribution in [2.24, 2.45) is 0 Å². The van der Waals surface area contributed by atoms with E-state index in [2.05, 4.69) is 5.32 Å². The number of alkyl halides is 2. The Hall–Kier alpha value is -0.180. The summed E-state index contributed by atoms with van der Waals surface area (Å²) in [4.78, 5) is 0. The van der Waals surface area contributed by atoms with E-state index in [1.165, 1.54) is 0 Å². The lowest BCUT2D eigenvalue weighted by Crippen LogP contribution is -2.46. The number of hydrogen-bond donors (Lipinski definition) is 1. The van der Waals surface area contributed by atoms with Crippen LogP contribution in [-0.2, 0) is 0 Å². The van der Waals surface area contributed by atoms with Crippen molar-refractivity contribution in [2.75, 3.05) is 6.54 Å². The summed E-state index contributed by atoms with van der Waals surface area (Å²) in [7, 11) is 0. The Kier molecular flexibility index (Phi) is 1.11. The van der Waals surface area contributed by atoms with E-state index in [1.54, 1.807) is 0 Å². The van der Waals surface area contributed by atoms with Crippen molar-refractivity contribution in [1.29, 1.82) is 0 Å². The zero-order chi connectivity index (χ0) is 7.24. The Balaban J connectivity index is 1.95. The average molecular weight is 147 g/mol. The Labute approximate surface area is 58.8 Å². The molecule has 0 aromatic heterocycles. The zero-order valence-corrected chi connectivity index (χ0v) is 5.79. The topological polar surface area (TPSA) is 12.0 Å². The van der Waals surface area contributed by atoms with Crippen molar-refractivity contribution in [3.05, 3.63) is 0 Å². The minimum atomic E-state index is -2.44. The Morgan fingerprint density at radius 1 is 1.00 bits per heavy atom. The molecule has 1 heterocycles. The molecule has 0 unspecified atom stereocenters. The smallest absolute Gasteiger partial charge is 0.260 e. The number of nitrogens with one attached hydrogen (secondary N) is 1. The van der Waals surface area contributed by atoms with Crippen LogP contribution in [-0.4, -0.2) is 18.0 Å². The molecule has 10 heavy (non-hydrogen) atoms. The van der Waals surface area contributed by atoms with Crippen LogP contribution in [0.15, 0.2) is 0 Å². The lowest BCUT2D eigenvalue weighted by molar-refractivity contribution is -0.0330. The van der Waals surface area contributed by atoms with Crippen LogP contribution < -0.4 is 5.32 Å². The summed E-state index contributed by atoms with van der Waals surface area (Å²) in [6.45, 7) is -0.104. The molecule has 3 heteroatoms. The molecule has 1 N–H and O–H groups in total. The third kappa shape index (κ3) is 1.03. The molecule has 0 aromatic carbocycles. The Morgan fingerprint density at radius 3 is 2.00 bits per heavy atom. The van der Waals surface area contributed by atoms with Gasteiger partial charge in [0.15, 0.2) is 0 Å². The van der Waals surface area contributed by atoms with Gasteiger partial charge in [-0.25, -0.2) is 8.78 Å². The minimum Gasteiger partial charge on any atom is -0.306 e. The molecule has 2 fully saturated rings. The maximum absolute atomic E-state index is 12.5. The molecule has 0 radical (unpaired) electrons. The fourth-order valence-corrected chi connectivity index (χ4v) is 1.49. The van der Waals surface area contributed by atoms with Gasteiger partial charge in [-0.15, -0.1) is 0 Å². The van der Waals surface area contributed by atoms with Gasteiger partial charge in [0.25, 0.3) is 5.92 Å². The lowest BCUT2D eigenvalue weighted by atomic mass is 10.0. The van der Waals surface area contributed by atoms with Crippen molar-refractivity contribution in [2.45, 2.75) is 37.1 Å². The van der Waals surface area contributed by atoms with Crippen molar-refractivity contribution < 1.29 is 8.78 Å². The highest BCUT2D eigenvalue weighted by molar-refractivity contribution is 5.06. The minimum absolute atomic E-state index is 0.0833. The van der Waals surface area contributed by atoms with Gasteiger partial charge >= 0.3 is 0 Å². The second-order valence-electron chi connectivity index (χ2n) is 3.49. The molecule has 0 atom stereocenters. The van der Waals surface area contributed by atoms with Crippen LogP contribution >= 0.6 is 0 Å². The van der Waals surface area contributed by atoms with Gasteiger partial charge in [0.05, 0.1) is 6.54 Å². The first-order valence-corrected chi connectivity index (χ1v) is 3.75. The molecule has 0 aromatic rings. The number of rotatable bonds is 0. The molecule has 1 aliphatic heterocycles. The van der Waals surface area contributed by atoms with Crippen LogP contribution in [0.1, 0.15) is 25.7 Å². The fraction of sp³-hybridized carbons (Fsp3) is 1.00. The zero-order valence-electron chi connectivity index (χ0n) is 5.79. The van der Waals surface area contributed by atoms with Crippen LogP contribution in [0.5, 0.6) is 0 Å². The molecule has 1 saturated carbocycles. The van der Waals surface area contributed by atoms with E-state index in [-0.39, 0.29) is 18.5 Å². The molecule has 1 aliphatic carbocycles. The number of hydrogen-bond acceptors (Lipinski definition) is 1. The monoisotopic (exact) mass is 147 g/mol. The average Bonchev–Trinajstić information content (AvgIpc) is 2.60. The van der Waals surface area contributed by atoms with Gasteiger partial charge < -0.3 is 5.32 Å². The summed E-state index contributed by atoms with van der Waals surface area (Å²) in [6, 6.07) is 0. The Bertz CT molecular complexity index is 134. The summed E-state index contributed by atoms with van der Waals surface area (Å²) >= 11 is 0. The van der Waals surface area contributed by atoms with Crippen molar-refractivity contribution in [1.82, 2.24) is 5.32 Å². The van der Waals surface area contributed by atoms with Crippen LogP contribution in [0.3, 0.4) is 0 Å². The highest BCUT2D eigenvalue weighted by Gasteiger charge is 2.49. The van der Waals surface area contributed by atoms with Crippen molar-refractivity contribution in [3.8, 4) is 0 Å². The van der Waals surface area contributed by atoms with Gasteiger partial charge in [0.2, 0.25) is 0 Å². The fourth-order valence-electron chi connectivity index (χ4n) is 1.49. The van der Waals surface area contributed by atoms with Crippen LogP contribution in [0.4, 0.5) is 8.78 Å². The van der Waals surface area contributed by atoms with Crippen LogP contribution in [0, 0.1) is 0 Å². The third-order valence-electron chi connectivity index (χ3n) is 2.54. The molecular formula is C7H11F2N. The predicted octanol–water partition coefficient (Wildman–Crippen LogP) is 1.54. The second-order valence-corrected chi connectivity index (χ2v) is 3.49. The standard InChI is InChI=1S/C7H11F2N/c8-7(9)4-3-6(1-2-6)10-5-7/h10H,1-5H2. The van der Waals surface area contributed by atoms with Crippen LogP contribution in [0.2, 0.25) is 0 Å². The van der Waals surface area contributed by atoms with Crippen LogP contribution in [0.25, 0.3) is 0 Å². The summed E-state index contributed by atoms with van der Waals surface area (Å²) in [5.41, 5.74) is 0.154. The van der Waals surface area contributed by atoms with Crippen molar-refractivity contribution >= 4 is 0 Å². The van der Waals surface area contributed by atoms with Gasteiger partial charge in [-0.2, -0.15) is 0 Å². The molecule has 1 spiro atoms. The molecule has 58 valence electrons. The highest BCUT2D eigenvalue weighted by Crippen LogP contribution is 2.44. The molecule has 0 amide bonds. The third-order valence-corrected chi connectivity index (χ3v) is 2.54. The van der Waals surface area contributed by atoms with E-state index in [1.807, 2.05) is 0 Å². The maximum Gasteiger partial charge on any atom is 0.260 e. The predicted molar refractivity (Wildman–Crippen MR) is 34.1 cm³/mol. The quantitative estimate of drug-likeness (QED) is 0.548. The number of piperidine rings is 1. The molecular weight excluding hydrogens is 136 g/mol. The summed E-state index contributed by atoms with van der Waals surface area (Å²) in [5, 5.41) is 2.91. The van der Waals surface area contributed by atoms with E-state index in [4.69, 9.17) is 0 Å². The summed E-state index contributed by atoms with van der Waals surface area (Å²) < 4.78 is 25.0. The van der Waals surface area contributed by atoms with E-state index in [9.17, 15) is 8.78 Å². The first-order valence-electron chi connectivity index (χ1n) is 3.75. The first kappa shape index (κ1) is 6.53. The van der Waals surface area contributed by atoms with E-state index in [0.29, 0.717) is 6.42 Å². The second kappa shape index (κ2) is 1.70. The maximum atomic E-state index is 12.5. The Morgan fingerprint density at radius 2 is 1.60 bits per heavy atom. The molecule has 2 aliphatic rings. The highest BCUT2D eigenvalue weighted by atomic mass is 19.3. The lowest BCUT2D eigenvalue weighted by Gasteiger charge is -2.29. The van der Waals surface area contributed by atoms with E-state index >= 15 is 0 Å². The number of halogens is 2. The van der Waals surface area contributed by atoms with Gasteiger partial charge in [-0.1, -0.05) is 0 Å². The largest absolute Gasteiger partial charge is 0.306 e. The normalized spacial score (nSPS) is 34.2. The van der Waals surface area contributed by atoms with E-state index in [0.717, 1.165) is 12.8 Å². The molecule has 1 saturated heterocycles. The molecule has 1 nitrogen and oxygen atoms in total. The van der Waals surface area contributed by atoms with Gasteiger partial charge in [-0.05, 0) is 19.3 Å². The summed E-state index contributed by atoms with van der Waals surface area (Å²) in [6.07, 6.45) is 2.95.